The van der Waals surface area contributed by atoms with Crippen molar-refractivity contribution in [2.45, 2.75) is 0 Å². The molecule has 1 aliphatic rings. The van der Waals surface area contributed by atoms with Gasteiger partial charge in [-0.05, 0) is 54.1 Å². The molecule has 144 valence electrons. The molecule has 0 aliphatic carbocycles. The lowest BCUT2D eigenvalue weighted by Crippen LogP contribution is -2.09. The highest BCUT2D eigenvalue weighted by Gasteiger charge is 2.26. The predicted octanol–water partition coefficient (Wildman–Crippen LogP) is 6.62. The number of anilines is 3. The van der Waals surface area contributed by atoms with E-state index in [1.807, 2.05) is 78.9 Å². The van der Waals surface area contributed by atoms with Crippen molar-refractivity contribution >= 4 is 34.7 Å². The van der Waals surface area contributed by atoms with Gasteiger partial charge in [-0.1, -0.05) is 66.7 Å². The summed E-state index contributed by atoms with van der Waals surface area (Å²) < 4.78 is 5.35. The molecule has 30 heavy (non-hydrogen) atoms. The van der Waals surface area contributed by atoms with Crippen molar-refractivity contribution < 1.29 is 9.53 Å². The molecule has 0 atom stereocenters. The van der Waals surface area contributed by atoms with Gasteiger partial charge in [0.25, 0.3) is 0 Å². The molecule has 0 N–H and O–H groups in total. The van der Waals surface area contributed by atoms with Crippen LogP contribution in [0.25, 0.3) is 11.6 Å². The van der Waals surface area contributed by atoms with Crippen LogP contribution < -0.4 is 9.64 Å². The van der Waals surface area contributed by atoms with Gasteiger partial charge in [-0.3, -0.25) is 0 Å². The Kier molecular flexibility index (Phi) is 4.62. The van der Waals surface area contributed by atoms with E-state index in [2.05, 4.69) is 41.3 Å². The molecule has 0 aromatic heterocycles. The van der Waals surface area contributed by atoms with Crippen molar-refractivity contribution in [2.24, 2.45) is 0 Å². The Bertz CT molecular complexity index is 1170. The summed E-state index contributed by atoms with van der Waals surface area (Å²) in [5.74, 6) is 0.306. The number of ether oxygens (including phenoxy) is 1. The molecule has 0 spiro atoms. The van der Waals surface area contributed by atoms with Crippen LogP contribution in [0.1, 0.15) is 11.1 Å². The first-order valence-electron chi connectivity index (χ1n) is 9.83. The minimum Gasteiger partial charge on any atom is -0.422 e. The Morgan fingerprint density at radius 1 is 0.600 bits per heavy atom. The number of para-hydroxylation sites is 3. The monoisotopic (exact) mass is 389 g/mol. The summed E-state index contributed by atoms with van der Waals surface area (Å²) in [5.41, 5.74) is 5.58. The van der Waals surface area contributed by atoms with Crippen molar-refractivity contribution in [2.75, 3.05) is 4.90 Å². The first-order chi connectivity index (χ1) is 14.8. The zero-order valence-corrected chi connectivity index (χ0v) is 16.2. The molecule has 4 aromatic rings. The second-order valence-corrected chi connectivity index (χ2v) is 7.04. The Hall–Kier alpha value is -4.11. The van der Waals surface area contributed by atoms with E-state index in [4.69, 9.17) is 4.74 Å². The smallest absolute Gasteiger partial charge is 0.344 e. The van der Waals surface area contributed by atoms with E-state index in [0.29, 0.717) is 11.3 Å². The first kappa shape index (κ1) is 18.0. The number of rotatable bonds is 4. The molecule has 0 fully saturated rings. The summed E-state index contributed by atoms with van der Waals surface area (Å²) in [6.45, 7) is 0. The van der Waals surface area contributed by atoms with Gasteiger partial charge in [-0.15, -0.1) is 0 Å². The Morgan fingerprint density at radius 3 is 1.77 bits per heavy atom. The maximum absolute atomic E-state index is 12.3. The Balaban J connectivity index is 1.52. The molecular weight excluding hydrogens is 370 g/mol. The second-order valence-electron chi connectivity index (χ2n) is 7.04. The van der Waals surface area contributed by atoms with E-state index in [0.717, 1.165) is 28.2 Å². The number of hydrogen-bond donors (Lipinski definition) is 0. The van der Waals surface area contributed by atoms with Crippen LogP contribution in [0, 0.1) is 0 Å². The van der Waals surface area contributed by atoms with Gasteiger partial charge < -0.3 is 9.64 Å². The molecule has 0 bridgehead atoms. The van der Waals surface area contributed by atoms with Gasteiger partial charge in [-0.2, -0.15) is 0 Å². The van der Waals surface area contributed by atoms with E-state index < -0.39 is 0 Å². The fourth-order valence-corrected chi connectivity index (χ4v) is 3.67. The lowest BCUT2D eigenvalue weighted by molar-refractivity contribution is -0.126. The van der Waals surface area contributed by atoms with Crippen LogP contribution >= 0.6 is 0 Å². The molecule has 0 radical (unpaired) electrons. The highest BCUT2D eigenvalue weighted by molar-refractivity contribution is 6.25. The maximum Gasteiger partial charge on any atom is 0.344 e. The van der Waals surface area contributed by atoms with Gasteiger partial charge in [0.1, 0.15) is 5.75 Å². The molecule has 0 saturated carbocycles. The van der Waals surface area contributed by atoms with Crippen LogP contribution in [0.2, 0.25) is 0 Å². The van der Waals surface area contributed by atoms with Crippen molar-refractivity contribution in [1.82, 2.24) is 0 Å². The van der Waals surface area contributed by atoms with Crippen LogP contribution in [-0.4, -0.2) is 5.97 Å². The third-order valence-electron chi connectivity index (χ3n) is 5.09. The average Bonchev–Trinajstić information content (AvgIpc) is 3.12. The zero-order chi connectivity index (χ0) is 20.3. The lowest BCUT2D eigenvalue weighted by Gasteiger charge is -2.25. The van der Waals surface area contributed by atoms with Crippen LogP contribution in [0.4, 0.5) is 17.1 Å². The maximum atomic E-state index is 12.3. The Labute approximate surface area is 175 Å². The number of esters is 1. The topological polar surface area (TPSA) is 29.5 Å². The molecule has 0 amide bonds. The van der Waals surface area contributed by atoms with Crippen LogP contribution in [0.3, 0.4) is 0 Å². The van der Waals surface area contributed by atoms with Gasteiger partial charge in [0, 0.05) is 22.6 Å². The van der Waals surface area contributed by atoms with E-state index in [1.165, 1.54) is 0 Å². The molecule has 1 aliphatic heterocycles. The van der Waals surface area contributed by atoms with Gasteiger partial charge >= 0.3 is 5.97 Å². The van der Waals surface area contributed by atoms with E-state index >= 15 is 0 Å². The molecule has 0 saturated heterocycles. The third kappa shape index (κ3) is 3.38. The number of carbonyl (C=O) groups is 1. The van der Waals surface area contributed by atoms with Crippen LogP contribution in [-0.2, 0) is 4.79 Å². The van der Waals surface area contributed by atoms with Gasteiger partial charge in [-0.25, -0.2) is 4.79 Å². The minimum atomic E-state index is -0.310. The molecule has 5 rings (SSSR count). The van der Waals surface area contributed by atoms with Crippen LogP contribution in [0.15, 0.2) is 109 Å². The zero-order valence-electron chi connectivity index (χ0n) is 16.2. The van der Waals surface area contributed by atoms with Crippen molar-refractivity contribution in [1.29, 1.82) is 0 Å². The molecule has 0 unspecified atom stereocenters. The average molecular weight is 389 g/mol. The first-order valence-corrected chi connectivity index (χ1v) is 9.83. The largest absolute Gasteiger partial charge is 0.422 e. The van der Waals surface area contributed by atoms with E-state index in [-0.39, 0.29) is 5.97 Å². The van der Waals surface area contributed by atoms with Crippen molar-refractivity contribution in [3.8, 4) is 5.75 Å². The fourth-order valence-electron chi connectivity index (χ4n) is 3.67. The highest BCUT2D eigenvalue weighted by Crippen LogP contribution is 2.36. The number of hydrogen-bond acceptors (Lipinski definition) is 3. The summed E-state index contributed by atoms with van der Waals surface area (Å²) in [4.78, 5) is 14.5. The number of nitrogens with zero attached hydrogens (tertiary/aromatic N) is 1. The summed E-state index contributed by atoms with van der Waals surface area (Å²) in [6, 6.07) is 36.2. The summed E-state index contributed by atoms with van der Waals surface area (Å²) in [6.07, 6.45) is 1.88. The molecule has 3 heteroatoms. The third-order valence-corrected chi connectivity index (χ3v) is 5.09. The SMILES string of the molecule is O=C1Oc2ccccc2/C1=C/c1ccc(N(c2ccccc2)c2ccccc2)cc1. The predicted molar refractivity (Wildman–Crippen MR) is 121 cm³/mol. The minimum absolute atomic E-state index is 0.310. The molecule has 4 aromatic carbocycles. The Morgan fingerprint density at radius 2 is 1.13 bits per heavy atom. The number of fused-ring (bicyclic) bond motifs is 1. The number of benzene rings is 4. The van der Waals surface area contributed by atoms with Gasteiger partial charge in [0.15, 0.2) is 0 Å². The molecule has 1 heterocycles. The summed E-state index contributed by atoms with van der Waals surface area (Å²) in [5, 5.41) is 0. The van der Waals surface area contributed by atoms with E-state index in [9.17, 15) is 4.79 Å². The molecule has 3 nitrogen and oxygen atoms in total. The standard InChI is InChI=1S/C27H19NO2/c29-27-25(24-13-7-8-14-26(24)30-27)19-20-15-17-23(18-16-20)28(21-9-3-1-4-10-21)22-11-5-2-6-12-22/h1-19H/b25-19-. The molecular formula is C27H19NO2. The highest BCUT2D eigenvalue weighted by atomic mass is 16.5. The van der Waals surface area contributed by atoms with Crippen molar-refractivity contribution in [3.05, 3.63) is 120 Å². The fraction of sp³-hybridized carbons (Fsp3) is 0. The summed E-state index contributed by atoms with van der Waals surface area (Å²) >= 11 is 0. The normalized spacial score (nSPS) is 13.7. The van der Waals surface area contributed by atoms with Gasteiger partial charge in [0.05, 0.1) is 5.57 Å². The van der Waals surface area contributed by atoms with Gasteiger partial charge in [0.2, 0.25) is 0 Å². The summed E-state index contributed by atoms with van der Waals surface area (Å²) in [7, 11) is 0. The second kappa shape index (κ2) is 7.72. The quantitative estimate of drug-likeness (QED) is 0.223. The van der Waals surface area contributed by atoms with E-state index in [1.54, 1.807) is 0 Å². The number of carbonyl (C=O) groups excluding carboxylic acids is 1. The lowest BCUT2D eigenvalue weighted by atomic mass is 10.0. The van der Waals surface area contributed by atoms with Crippen molar-refractivity contribution in [3.63, 3.8) is 0 Å². The van der Waals surface area contributed by atoms with Crippen LogP contribution in [0.5, 0.6) is 5.75 Å².